The second kappa shape index (κ2) is 6.69. The molecule has 0 saturated carbocycles. The molecule has 0 fully saturated rings. The average Bonchev–Trinajstić information content (AvgIpc) is 2.24. The highest BCUT2D eigenvalue weighted by Crippen LogP contribution is 2.09. The average molecular weight is 281 g/mol. The molecule has 0 aromatic rings. The van der Waals surface area contributed by atoms with Crippen LogP contribution in [0.5, 0.6) is 0 Å². The number of carboxylic acid groups (broad SMARTS) is 1. The van der Waals surface area contributed by atoms with E-state index in [1.165, 1.54) is 0 Å². The molecule has 0 amide bonds. The van der Waals surface area contributed by atoms with Crippen LogP contribution in [-0.2, 0) is 24.3 Å². The Morgan fingerprint density at radius 2 is 1.78 bits per heavy atom. The van der Waals surface area contributed by atoms with Crippen LogP contribution < -0.4 is 4.72 Å². The molecule has 0 saturated heterocycles. The minimum Gasteiger partial charge on any atom is -0.480 e. The van der Waals surface area contributed by atoms with Gasteiger partial charge in [0.15, 0.2) is 5.25 Å². The lowest BCUT2D eigenvalue weighted by atomic mass is 10.1. The van der Waals surface area contributed by atoms with Crippen LogP contribution in [0.25, 0.3) is 0 Å². The molecule has 0 aliphatic rings. The fourth-order valence-corrected chi connectivity index (χ4v) is 2.41. The zero-order valence-electron chi connectivity index (χ0n) is 10.8. The monoisotopic (exact) mass is 281 g/mol. The number of esters is 1. The van der Waals surface area contributed by atoms with Crippen molar-refractivity contribution < 1.29 is 27.9 Å². The first-order valence-electron chi connectivity index (χ1n) is 5.43. The van der Waals surface area contributed by atoms with Crippen molar-refractivity contribution in [2.75, 3.05) is 7.11 Å². The van der Waals surface area contributed by atoms with Crippen molar-refractivity contribution in [3.63, 3.8) is 0 Å². The number of rotatable bonds is 7. The Balaban J connectivity index is 4.92. The zero-order chi connectivity index (χ0) is 14.5. The van der Waals surface area contributed by atoms with E-state index in [1.54, 1.807) is 13.8 Å². The third kappa shape index (κ3) is 5.01. The van der Waals surface area contributed by atoms with E-state index in [-0.39, 0.29) is 12.3 Å². The van der Waals surface area contributed by atoms with Crippen LogP contribution in [0.1, 0.15) is 27.2 Å². The van der Waals surface area contributed by atoms with Crippen LogP contribution in [0.3, 0.4) is 0 Å². The lowest BCUT2D eigenvalue weighted by molar-refractivity contribution is -0.141. The number of carboxylic acids is 1. The summed E-state index contributed by atoms with van der Waals surface area (Å²) in [7, 11) is -3.00. The number of nitrogens with one attached hydrogen (secondary N) is 1. The zero-order valence-corrected chi connectivity index (χ0v) is 11.7. The summed E-state index contributed by atoms with van der Waals surface area (Å²) < 4.78 is 29.8. The van der Waals surface area contributed by atoms with Crippen molar-refractivity contribution in [1.82, 2.24) is 4.72 Å². The van der Waals surface area contributed by atoms with Gasteiger partial charge in [0, 0.05) is 0 Å². The minimum absolute atomic E-state index is 0.00207. The van der Waals surface area contributed by atoms with Gasteiger partial charge in [0.2, 0.25) is 10.0 Å². The van der Waals surface area contributed by atoms with E-state index in [1.807, 2.05) is 4.72 Å². The molecule has 106 valence electrons. The van der Waals surface area contributed by atoms with Gasteiger partial charge in [0.1, 0.15) is 6.04 Å². The van der Waals surface area contributed by atoms with Crippen LogP contribution in [0.2, 0.25) is 0 Å². The molecule has 0 bridgehead atoms. The maximum absolute atomic E-state index is 11.8. The lowest BCUT2D eigenvalue weighted by Gasteiger charge is -2.18. The molecule has 0 aliphatic heterocycles. The Labute approximate surface area is 107 Å². The summed E-state index contributed by atoms with van der Waals surface area (Å²) in [6.45, 7) is 4.68. The van der Waals surface area contributed by atoms with E-state index in [9.17, 15) is 18.0 Å². The summed E-state index contributed by atoms with van der Waals surface area (Å²) in [5.74, 6) is -2.21. The Morgan fingerprint density at radius 3 is 2.11 bits per heavy atom. The molecule has 0 radical (unpaired) electrons. The number of aliphatic carboxylic acids is 1. The van der Waals surface area contributed by atoms with Crippen LogP contribution in [0, 0.1) is 5.92 Å². The minimum atomic E-state index is -4.07. The highest BCUT2D eigenvalue weighted by Gasteiger charge is 2.33. The Morgan fingerprint density at radius 1 is 1.28 bits per heavy atom. The summed E-state index contributed by atoms with van der Waals surface area (Å²) in [6.07, 6.45) is 0.141. The van der Waals surface area contributed by atoms with Crippen molar-refractivity contribution in [2.45, 2.75) is 38.5 Å². The summed E-state index contributed by atoms with van der Waals surface area (Å²) >= 11 is 0. The highest BCUT2D eigenvalue weighted by molar-refractivity contribution is 7.90. The first kappa shape index (κ1) is 16.9. The van der Waals surface area contributed by atoms with E-state index >= 15 is 0 Å². The topological polar surface area (TPSA) is 110 Å². The number of carbonyl (C=O) groups excluding carboxylic acids is 1. The number of ether oxygens (including phenoxy) is 1. The van der Waals surface area contributed by atoms with Gasteiger partial charge < -0.3 is 9.84 Å². The van der Waals surface area contributed by atoms with Crippen molar-refractivity contribution in [1.29, 1.82) is 0 Å². The maximum Gasteiger partial charge on any atom is 0.325 e. The predicted molar refractivity (Wildman–Crippen MR) is 64.4 cm³/mol. The second-order valence-corrected chi connectivity index (χ2v) is 6.38. The van der Waals surface area contributed by atoms with Crippen LogP contribution in [0.4, 0.5) is 0 Å². The molecule has 7 nitrogen and oxygen atoms in total. The quantitative estimate of drug-likeness (QED) is 0.634. The fraction of sp³-hybridized carbons (Fsp3) is 0.800. The van der Waals surface area contributed by atoms with Gasteiger partial charge in [-0.2, -0.15) is 0 Å². The summed E-state index contributed by atoms with van der Waals surface area (Å²) in [5.41, 5.74) is 0. The third-order valence-electron chi connectivity index (χ3n) is 2.31. The number of sulfonamides is 1. The molecule has 1 unspecified atom stereocenters. The first-order chi connectivity index (χ1) is 8.11. The molecule has 2 atom stereocenters. The number of hydrogen-bond acceptors (Lipinski definition) is 5. The molecule has 0 spiro atoms. The highest BCUT2D eigenvalue weighted by atomic mass is 32.2. The normalized spacial score (nSPS) is 15.2. The Kier molecular flexibility index (Phi) is 6.27. The fourth-order valence-electron chi connectivity index (χ4n) is 1.26. The molecular formula is C10H19NO6S. The first-order valence-corrected chi connectivity index (χ1v) is 6.98. The van der Waals surface area contributed by atoms with Gasteiger partial charge in [-0.25, -0.2) is 13.1 Å². The van der Waals surface area contributed by atoms with Crippen LogP contribution in [-0.4, -0.2) is 43.9 Å². The molecule has 0 aliphatic carbocycles. The SMILES string of the molecule is COC(=O)C(C)S(=O)(=O)N[C@@H](CC(C)C)C(=O)O. The van der Waals surface area contributed by atoms with E-state index in [0.29, 0.717) is 0 Å². The summed E-state index contributed by atoms with van der Waals surface area (Å²) in [4.78, 5) is 22.1. The third-order valence-corrected chi connectivity index (χ3v) is 4.05. The lowest BCUT2D eigenvalue weighted by Crippen LogP contribution is -2.47. The molecule has 18 heavy (non-hydrogen) atoms. The smallest absolute Gasteiger partial charge is 0.325 e. The molecule has 0 heterocycles. The molecule has 2 N–H and O–H groups in total. The van der Waals surface area contributed by atoms with E-state index in [2.05, 4.69) is 4.74 Å². The van der Waals surface area contributed by atoms with Crippen molar-refractivity contribution in [3.8, 4) is 0 Å². The van der Waals surface area contributed by atoms with Crippen molar-refractivity contribution >= 4 is 22.0 Å². The number of carbonyl (C=O) groups is 2. The predicted octanol–water partition coefficient (Wildman–Crippen LogP) is -0.0334. The van der Waals surface area contributed by atoms with E-state index in [0.717, 1.165) is 14.0 Å². The molecule has 0 rings (SSSR count). The molecule has 8 heteroatoms. The number of methoxy groups -OCH3 is 1. The van der Waals surface area contributed by atoms with Gasteiger partial charge in [0.25, 0.3) is 0 Å². The standard InChI is InChI=1S/C10H19NO6S/c1-6(2)5-8(9(12)13)11-18(15,16)7(3)10(14)17-4/h6-8,11H,5H2,1-4H3,(H,12,13)/t7?,8-/m0/s1. The largest absolute Gasteiger partial charge is 0.480 e. The van der Waals surface area contributed by atoms with Crippen LogP contribution >= 0.6 is 0 Å². The number of hydrogen-bond donors (Lipinski definition) is 2. The van der Waals surface area contributed by atoms with Gasteiger partial charge in [-0.05, 0) is 19.3 Å². The second-order valence-electron chi connectivity index (χ2n) is 4.35. The van der Waals surface area contributed by atoms with Crippen LogP contribution in [0.15, 0.2) is 0 Å². The maximum atomic E-state index is 11.8. The van der Waals surface area contributed by atoms with Gasteiger partial charge in [-0.3, -0.25) is 9.59 Å². The van der Waals surface area contributed by atoms with Gasteiger partial charge >= 0.3 is 11.9 Å². The van der Waals surface area contributed by atoms with Crippen molar-refractivity contribution in [2.24, 2.45) is 5.92 Å². The van der Waals surface area contributed by atoms with Gasteiger partial charge in [-0.1, -0.05) is 13.8 Å². The Bertz CT molecular complexity index is 403. The Hall–Kier alpha value is -1.15. The molecule has 0 aromatic carbocycles. The molecule has 0 aromatic heterocycles. The van der Waals surface area contributed by atoms with E-state index in [4.69, 9.17) is 5.11 Å². The van der Waals surface area contributed by atoms with Gasteiger partial charge in [-0.15, -0.1) is 0 Å². The van der Waals surface area contributed by atoms with E-state index < -0.39 is 33.3 Å². The van der Waals surface area contributed by atoms with Crippen molar-refractivity contribution in [3.05, 3.63) is 0 Å². The van der Waals surface area contributed by atoms with Gasteiger partial charge in [0.05, 0.1) is 7.11 Å². The molecular weight excluding hydrogens is 262 g/mol. The summed E-state index contributed by atoms with van der Waals surface area (Å²) in [6, 6.07) is -1.25. The summed E-state index contributed by atoms with van der Waals surface area (Å²) in [5, 5.41) is 7.47.